The number of nitrogens with one attached hydrogen (secondary N) is 1. The first-order valence-corrected chi connectivity index (χ1v) is 34.3. The maximum atomic E-state index is 14.8. The highest BCUT2D eigenvalue weighted by Crippen LogP contribution is 2.44. The van der Waals surface area contributed by atoms with Crippen molar-refractivity contribution in [1.82, 2.24) is 19.8 Å². The van der Waals surface area contributed by atoms with E-state index in [1.807, 2.05) is 35.9 Å². The van der Waals surface area contributed by atoms with Crippen molar-refractivity contribution in [2.24, 2.45) is 22.1 Å². The molecular weight excluding hydrogens is 1400 g/mol. The fourth-order valence-corrected chi connectivity index (χ4v) is 12.9. The average Bonchev–Trinajstić information content (AvgIpc) is 1.76. The van der Waals surface area contributed by atoms with Crippen LogP contribution in [0.2, 0.25) is 0 Å². The van der Waals surface area contributed by atoms with Crippen LogP contribution in [0.15, 0.2) is 106 Å². The van der Waals surface area contributed by atoms with Crippen LogP contribution in [-0.4, -0.2) is 193 Å². The number of para-hydroxylation sites is 1. The molecule has 1 saturated heterocycles. The maximum absolute atomic E-state index is 14.8. The van der Waals surface area contributed by atoms with Gasteiger partial charge in [-0.25, -0.2) is 4.98 Å². The largest absolute Gasteiger partial charge is 0.501 e. The third-order valence-corrected chi connectivity index (χ3v) is 17.6. The van der Waals surface area contributed by atoms with Crippen molar-refractivity contribution in [2.75, 3.05) is 78.5 Å². The number of esters is 4. The van der Waals surface area contributed by atoms with Crippen molar-refractivity contribution in [3.05, 3.63) is 146 Å². The Bertz CT molecular complexity index is 4520. The molecule has 35 heteroatoms. The molecule has 0 bridgehead atoms. The van der Waals surface area contributed by atoms with Gasteiger partial charge in [0, 0.05) is 107 Å². The standard InChI is InChI=1S/C70H74N10O24S/c1-39(81)95-37-63-64(98-40(2)82)65(99-41(3)83)66(100-42(4)84)70(102-63)101-57-13-12-46(67(85)72-14-16-92-18-20-94-21-19-93-17-15-76-77-71)26-62(57)104-105(88,89)103-49-23-43(35-96-60-30-52-50(28-58(60)90-6)68(86)79-34-54-56(78(5)38-75-54)27-47(79)32-73-52)22-44(24-49)36-97-61-31-53-51(29-59(61)91-7)69(87)80-48(33-74-53)25-45-10-8-9-11-55(45)80/h8-13,22-24,26,28-33,38,47-48,63-66,70H,14-21,25,27,34-37H2,1-7H3,(H,72,85)/t47-,48-,63+,64-,65-,66+,70?/m0/s1. The van der Waals surface area contributed by atoms with Crippen molar-refractivity contribution in [1.29, 1.82) is 0 Å². The number of aromatic nitrogens is 2. The first kappa shape index (κ1) is 74.8. The minimum Gasteiger partial charge on any atom is -0.493 e. The summed E-state index contributed by atoms with van der Waals surface area (Å²) in [5.74, 6) is -6.10. The molecule has 1 fully saturated rings. The summed E-state index contributed by atoms with van der Waals surface area (Å²) in [6.45, 7) is 4.23. The molecule has 3 amide bonds. The minimum absolute atomic E-state index is 0.0000340. The number of imidazole rings is 1. The second-order valence-corrected chi connectivity index (χ2v) is 25.3. The fourth-order valence-electron chi connectivity index (χ4n) is 12.2. The topological polar surface area (TPSA) is 402 Å². The first-order chi connectivity index (χ1) is 50.6. The number of hydrogen-bond acceptors (Lipinski definition) is 28. The van der Waals surface area contributed by atoms with Gasteiger partial charge in [0.1, 0.15) is 31.7 Å². The number of benzene rings is 5. The van der Waals surface area contributed by atoms with Gasteiger partial charge in [0.05, 0.1) is 107 Å². The number of hydrogen-bond donors (Lipinski definition) is 1. The summed E-state index contributed by atoms with van der Waals surface area (Å²) < 4.78 is 118. The Balaban J connectivity index is 0.898. The molecule has 5 aliphatic heterocycles. The summed E-state index contributed by atoms with van der Waals surface area (Å²) in [7, 11) is -0.746. The number of rotatable bonds is 32. The fraction of sp³-hybridized carbons (Fsp3) is 0.400. The normalized spacial score (nSPS) is 18.9. The van der Waals surface area contributed by atoms with Crippen molar-refractivity contribution < 1.29 is 112 Å². The van der Waals surface area contributed by atoms with Gasteiger partial charge in [-0.05, 0) is 76.8 Å². The zero-order valence-corrected chi connectivity index (χ0v) is 58.8. The Morgan fingerprint density at radius 3 is 1.93 bits per heavy atom. The summed E-state index contributed by atoms with van der Waals surface area (Å²) in [4.78, 5) is 113. The van der Waals surface area contributed by atoms with Gasteiger partial charge in [-0.3, -0.25) is 48.4 Å². The van der Waals surface area contributed by atoms with Crippen LogP contribution in [0.25, 0.3) is 10.4 Å². The Morgan fingerprint density at radius 1 is 0.667 bits per heavy atom. The lowest BCUT2D eigenvalue weighted by Crippen LogP contribution is -2.63. The van der Waals surface area contributed by atoms with E-state index >= 15 is 0 Å². The highest BCUT2D eigenvalue weighted by atomic mass is 32.3. The number of nitrogens with zero attached hydrogens (tertiary/aromatic N) is 9. The lowest BCUT2D eigenvalue weighted by Gasteiger charge is -2.43. The summed E-state index contributed by atoms with van der Waals surface area (Å²) in [6.07, 6.45) is -2.46. The van der Waals surface area contributed by atoms with E-state index in [1.165, 1.54) is 44.6 Å². The molecule has 5 aliphatic rings. The number of ether oxygens (including phenoxy) is 13. The molecule has 1 N–H and O–H groups in total. The van der Waals surface area contributed by atoms with Crippen molar-refractivity contribution >= 4 is 81.5 Å². The quantitative estimate of drug-likeness (QED) is 0.0119. The highest BCUT2D eigenvalue weighted by molar-refractivity contribution is 7.82. The summed E-state index contributed by atoms with van der Waals surface area (Å²) in [5.41, 5.74) is 13.3. The molecule has 34 nitrogen and oxygen atoms in total. The lowest BCUT2D eigenvalue weighted by molar-refractivity contribution is -0.288. The van der Waals surface area contributed by atoms with Gasteiger partial charge in [0.15, 0.2) is 46.7 Å². The van der Waals surface area contributed by atoms with E-state index < -0.39 is 94.7 Å². The van der Waals surface area contributed by atoms with Crippen LogP contribution >= 0.6 is 0 Å². The Hall–Kier alpha value is -11.4. The van der Waals surface area contributed by atoms with Crippen LogP contribution in [-0.2, 0) is 107 Å². The van der Waals surface area contributed by atoms with Gasteiger partial charge >= 0.3 is 34.3 Å². The number of carbonyl (C=O) groups is 7. The Labute approximate surface area is 601 Å². The van der Waals surface area contributed by atoms with Crippen LogP contribution in [0.4, 0.5) is 17.1 Å². The molecule has 6 heterocycles. The molecule has 7 atom stereocenters. The minimum atomic E-state index is -5.43. The van der Waals surface area contributed by atoms with Gasteiger partial charge < -0.3 is 84.7 Å². The van der Waals surface area contributed by atoms with Crippen molar-refractivity contribution in [3.63, 3.8) is 0 Å². The lowest BCUT2D eigenvalue weighted by atomic mass is 9.98. The number of aryl methyl sites for hydroxylation is 1. The van der Waals surface area contributed by atoms with E-state index in [-0.39, 0.29) is 153 Å². The molecule has 0 spiro atoms. The van der Waals surface area contributed by atoms with E-state index in [0.717, 1.165) is 62.5 Å². The van der Waals surface area contributed by atoms with E-state index in [0.29, 0.717) is 18.5 Å². The van der Waals surface area contributed by atoms with E-state index in [9.17, 15) is 42.0 Å². The molecular formula is C70H74N10O24S. The second kappa shape index (κ2) is 33.8. The number of carbonyl (C=O) groups excluding carboxylic acids is 7. The number of methoxy groups -OCH3 is 2. The molecule has 1 unspecified atom stereocenters. The van der Waals surface area contributed by atoms with E-state index in [1.54, 1.807) is 46.8 Å². The molecule has 0 aliphatic carbocycles. The van der Waals surface area contributed by atoms with Crippen LogP contribution < -0.4 is 42.3 Å². The molecule has 5 aromatic carbocycles. The summed E-state index contributed by atoms with van der Waals surface area (Å²) in [5, 5.41) is 6.06. The summed E-state index contributed by atoms with van der Waals surface area (Å²) >= 11 is 0. The molecule has 0 radical (unpaired) electrons. The number of azide groups is 1. The molecule has 105 heavy (non-hydrogen) atoms. The first-order valence-electron chi connectivity index (χ1n) is 33.0. The van der Waals surface area contributed by atoms with E-state index in [2.05, 4.69) is 20.3 Å². The monoisotopic (exact) mass is 1470 g/mol. The van der Waals surface area contributed by atoms with Gasteiger partial charge in [-0.1, -0.05) is 23.3 Å². The Morgan fingerprint density at radius 2 is 1.29 bits per heavy atom. The SMILES string of the molecule is COc1cc2c(cc1OCc1cc(COc3cc4c(cc3OC)C(=O)N3c5ccccc5C[C@H]3C=N4)cc(OS(=O)(=O)Oc3cc(C(=O)NCCOCCOCCOCCN=[N+]=[N-])ccc3OC3O[C@H](COC(C)=O)[C@H](OC(C)=O)[C@H](OC(C)=O)[C@H]3OC(C)=O)c1)N=C[C@@H]1Cc3c(ncn3C)CN1C2=O. The van der Waals surface area contributed by atoms with Crippen molar-refractivity contribution in [2.45, 2.75) is 103 Å². The van der Waals surface area contributed by atoms with Crippen molar-refractivity contribution in [3.8, 4) is 40.2 Å². The molecule has 11 rings (SSSR count). The van der Waals surface area contributed by atoms with Crippen LogP contribution in [0.5, 0.6) is 40.2 Å². The smallest absolute Gasteiger partial charge is 0.493 e. The number of aliphatic imine (C=N–C) groups is 2. The third kappa shape index (κ3) is 18.4. The number of amides is 3. The predicted octanol–water partition coefficient (Wildman–Crippen LogP) is 6.42. The van der Waals surface area contributed by atoms with E-state index in [4.69, 9.17) is 85.5 Å². The molecule has 1 aromatic heterocycles. The number of anilines is 1. The van der Waals surface area contributed by atoms with Crippen LogP contribution in [0.1, 0.15) is 86.8 Å². The summed E-state index contributed by atoms with van der Waals surface area (Å²) in [6, 6.07) is 20.6. The van der Waals surface area contributed by atoms with Gasteiger partial charge in [-0.15, -0.1) is 8.42 Å². The maximum Gasteiger partial charge on any atom is 0.501 e. The van der Waals surface area contributed by atoms with Crippen LogP contribution in [0, 0.1) is 0 Å². The predicted molar refractivity (Wildman–Crippen MR) is 367 cm³/mol. The average molecular weight is 1470 g/mol. The van der Waals surface area contributed by atoms with Gasteiger partial charge in [-0.2, -0.15) is 0 Å². The Kier molecular flexibility index (Phi) is 24.1. The second-order valence-electron chi connectivity index (χ2n) is 24.2. The van der Waals surface area contributed by atoms with Gasteiger partial charge in [0.25, 0.3) is 17.7 Å². The highest BCUT2D eigenvalue weighted by Gasteiger charge is 2.54. The molecule has 0 saturated carbocycles. The molecule has 554 valence electrons. The zero-order chi connectivity index (χ0) is 74.5. The van der Waals surface area contributed by atoms with Crippen LogP contribution in [0.3, 0.4) is 0 Å². The third-order valence-electron chi connectivity index (χ3n) is 16.8. The molecule has 6 aromatic rings. The zero-order valence-electron chi connectivity index (χ0n) is 58.0. The van der Waals surface area contributed by atoms with Gasteiger partial charge in [0.2, 0.25) is 12.4 Å². The number of fused-ring (bicyclic) bond motifs is 7.